The minimum Gasteiger partial charge on any atom is -0.496 e. The number of benzene rings is 1. The average Bonchev–Trinajstić information content (AvgIpc) is 2.60. The molecular weight excluding hydrogens is 188 g/mol. The van der Waals surface area contributed by atoms with Crippen molar-refractivity contribution in [3.63, 3.8) is 0 Å². The topological polar surface area (TPSA) is 26.3 Å². The summed E-state index contributed by atoms with van der Waals surface area (Å²) in [6, 6.07) is 8.00. The molecule has 0 heterocycles. The van der Waals surface area contributed by atoms with Crippen molar-refractivity contribution in [1.82, 2.24) is 0 Å². The number of ether oxygens (including phenoxy) is 1. The Bertz CT molecular complexity index is 384. The van der Waals surface area contributed by atoms with Crippen LogP contribution in [0.5, 0.6) is 5.75 Å². The molecule has 80 valence electrons. The van der Waals surface area contributed by atoms with Crippen molar-refractivity contribution in [3.8, 4) is 5.75 Å². The van der Waals surface area contributed by atoms with E-state index in [0.29, 0.717) is 18.6 Å². The maximum absolute atomic E-state index is 11.4. The second-order valence-electron chi connectivity index (χ2n) is 4.48. The zero-order valence-corrected chi connectivity index (χ0v) is 9.25. The van der Waals surface area contributed by atoms with Crippen LogP contribution < -0.4 is 4.74 Å². The highest BCUT2D eigenvalue weighted by Crippen LogP contribution is 2.42. The van der Waals surface area contributed by atoms with Gasteiger partial charge in [0, 0.05) is 23.8 Å². The van der Waals surface area contributed by atoms with E-state index in [0.717, 1.165) is 12.2 Å². The van der Waals surface area contributed by atoms with Gasteiger partial charge in [0.15, 0.2) is 0 Å². The largest absolute Gasteiger partial charge is 0.496 e. The second-order valence-corrected chi connectivity index (χ2v) is 4.48. The Balaban J connectivity index is 2.40. The smallest absolute Gasteiger partial charge is 0.133 e. The fraction of sp³-hybridized carbons (Fsp3) is 0.462. The summed E-state index contributed by atoms with van der Waals surface area (Å²) in [7, 11) is 1.68. The van der Waals surface area contributed by atoms with Crippen LogP contribution in [0.25, 0.3) is 0 Å². The van der Waals surface area contributed by atoms with Crippen molar-refractivity contribution in [1.29, 1.82) is 0 Å². The molecule has 1 atom stereocenters. The molecule has 0 radical (unpaired) electrons. The molecule has 0 aromatic heterocycles. The molecule has 1 saturated carbocycles. The van der Waals surface area contributed by atoms with Crippen molar-refractivity contribution in [3.05, 3.63) is 29.8 Å². The quantitative estimate of drug-likeness (QED) is 0.740. The van der Waals surface area contributed by atoms with Crippen LogP contribution in [0.4, 0.5) is 0 Å². The van der Waals surface area contributed by atoms with Gasteiger partial charge in [0.25, 0.3) is 0 Å². The Morgan fingerprint density at radius 1 is 1.33 bits per heavy atom. The van der Waals surface area contributed by atoms with Crippen LogP contribution in [0.3, 0.4) is 0 Å². The first-order valence-electron chi connectivity index (χ1n) is 5.31. The zero-order chi connectivity index (χ0) is 10.9. The third-order valence-electron chi connectivity index (χ3n) is 3.30. The van der Waals surface area contributed by atoms with Gasteiger partial charge in [-0.15, -0.1) is 0 Å². The fourth-order valence-corrected chi connectivity index (χ4v) is 2.40. The molecule has 1 aliphatic carbocycles. The molecule has 1 unspecified atom stereocenters. The van der Waals surface area contributed by atoms with Crippen LogP contribution >= 0.6 is 0 Å². The Labute approximate surface area is 90.3 Å². The number of hydrogen-bond acceptors (Lipinski definition) is 2. The number of rotatable bonds is 2. The summed E-state index contributed by atoms with van der Waals surface area (Å²) >= 11 is 0. The molecule has 0 N–H and O–H groups in total. The highest BCUT2D eigenvalue weighted by Gasteiger charge is 2.37. The van der Waals surface area contributed by atoms with E-state index in [4.69, 9.17) is 4.74 Å². The maximum Gasteiger partial charge on any atom is 0.133 e. The number of carbonyl (C=O) groups is 1. The normalized spacial score (nSPS) is 25.6. The summed E-state index contributed by atoms with van der Waals surface area (Å²) in [5.74, 6) is 1.26. The summed E-state index contributed by atoms with van der Waals surface area (Å²) in [5, 5.41) is 0. The van der Waals surface area contributed by atoms with E-state index in [2.05, 4.69) is 13.0 Å². The summed E-state index contributed by atoms with van der Waals surface area (Å²) in [6.07, 6.45) is 2.29. The molecule has 1 aliphatic rings. The lowest BCUT2D eigenvalue weighted by atomic mass is 9.80. The molecule has 1 aromatic carbocycles. The van der Waals surface area contributed by atoms with E-state index in [1.165, 1.54) is 5.56 Å². The number of para-hydroxylation sites is 1. The first kappa shape index (κ1) is 10.2. The van der Waals surface area contributed by atoms with Crippen LogP contribution in [0.2, 0.25) is 0 Å². The lowest BCUT2D eigenvalue weighted by Gasteiger charge is -2.25. The molecule has 1 fully saturated rings. The Hall–Kier alpha value is -1.31. The molecule has 2 nitrogen and oxygen atoms in total. The molecular formula is C13H16O2. The highest BCUT2D eigenvalue weighted by molar-refractivity contribution is 5.83. The van der Waals surface area contributed by atoms with E-state index in [9.17, 15) is 4.79 Å². The van der Waals surface area contributed by atoms with Gasteiger partial charge in [-0.2, -0.15) is 0 Å². The molecule has 0 bridgehead atoms. The SMILES string of the molecule is COc1ccccc1C1(C)CCC(=O)C1. The third kappa shape index (κ3) is 1.76. The zero-order valence-electron chi connectivity index (χ0n) is 9.25. The van der Waals surface area contributed by atoms with Crippen molar-refractivity contribution < 1.29 is 9.53 Å². The Kier molecular flexibility index (Phi) is 2.51. The molecule has 1 aromatic rings. The van der Waals surface area contributed by atoms with Gasteiger partial charge >= 0.3 is 0 Å². The number of hydrogen-bond donors (Lipinski definition) is 0. The Morgan fingerprint density at radius 2 is 2.07 bits per heavy atom. The molecule has 2 rings (SSSR count). The number of Topliss-reactive ketones (excluding diaryl/α,β-unsaturated/α-hetero) is 1. The second kappa shape index (κ2) is 3.69. The summed E-state index contributed by atoms with van der Waals surface area (Å²) in [6.45, 7) is 2.15. The minimum absolute atomic E-state index is 0.0241. The lowest BCUT2D eigenvalue weighted by Crippen LogP contribution is -2.18. The van der Waals surface area contributed by atoms with Crippen molar-refractivity contribution in [2.75, 3.05) is 7.11 Å². The highest BCUT2D eigenvalue weighted by atomic mass is 16.5. The van der Waals surface area contributed by atoms with E-state index >= 15 is 0 Å². The van der Waals surface area contributed by atoms with Crippen molar-refractivity contribution in [2.24, 2.45) is 0 Å². The van der Waals surface area contributed by atoms with Crippen molar-refractivity contribution in [2.45, 2.75) is 31.6 Å². The predicted octanol–water partition coefficient (Wildman–Crippen LogP) is 2.71. The molecule has 0 spiro atoms. The standard InChI is InChI=1S/C13H16O2/c1-13(8-7-10(14)9-13)11-5-3-4-6-12(11)15-2/h3-6H,7-9H2,1-2H3. The van der Waals surface area contributed by atoms with Gasteiger partial charge < -0.3 is 4.74 Å². The van der Waals surface area contributed by atoms with Gasteiger partial charge in [-0.25, -0.2) is 0 Å². The van der Waals surface area contributed by atoms with E-state index in [1.54, 1.807) is 7.11 Å². The first-order valence-corrected chi connectivity index (χ1v) is 5.31. The van der Waals surface area contributed by atoms with Crippen molar-refractivity contribution >= 4 is 5.78 Å². The van der Waals surface area contributed by atoms with Gasteiger partial charge in [-0.1, -0.05) is 25.1 Å². The van der Waals surface area contributed by atoms with Gasteiger partial charge in [0.05, 0.1) is 7.11 Å². The summed E-state index contributed by atoms with van der Waals surface area (Å²) in [4.78, 5) is 11.4. The number of methoxy groups -OCH3 is 1. The number of carbonyl (C=O) groups excluding carboxylic acids is 1. The fourth-order valence-electron chi connectivity index (χ4n) is 2.40. The molecule has 0 aliphatic heterocycles. The van der Waals surface area contributed by atoms with E-state index in [-0.39, 0.29) is 5.41 Å². The van der Waals surface area contributed by atoms with Crippen LogP contribution in [0.1, 0.15) is 31.7 Å². The van der Waals surface area contributed by atoms with Crippen LogP contribution in [-0.4, -0.2) is 12.9 Å². The summed E-state index contributed by atoms with van der Waals surface area (Å²) in [5.41, 5.74) is 1.14. The third-order valence-corrected chi connectivity index (χ3v) is 3.30. The molecule has 2 heteroatoms. The van der Waals surface area contributed by atoms with E-state index < -0.39 is 0 Å². The van der Waals surface area contributed by atoms with Gasteiger partial charge in [0.2, 0.25) is 0 Å². The summed E-state index contributed by atoms with van der Waals surface area (Å²) < 4.78 is 5.35. The lowest BCUT2D eigenvalue weighted by molar-refractivity contribution is -0.117. The molecule has 0 amide bonds. The van der Waals surface area contributed by atoms with Crippen LogP contribution in [-0.2, 0) is 10.2 Å². The molecule has 0 saturated heterocycles. The average molecular weight is 204 g/mol. The Morgan fingerprint density at radius 3 is 2.67 bits per heavy atom. The molecule has 15 heavy (non-hydrogen) atoms. The van der Waals surface area contributed by atoms with Gasteiger partial charge in [-0.3, -0.25) is 4.79 Å². The van der Waals surface area contributed by atoms with Gasteiger partial charge in [0.1, 0.15) is 11.5 Å². The van der Waals surface area contributed by atoms with Crippen LogP contribution in [0.15, 0.2) is 24.3 Å². The minimum atomic E-state index is -0.0241. The van der Waals surface area contributed by atoms with Crippen LogP contribution in [0, 0.1) is 0 Å². The van der Waals surface area contributed by atoms with E-state index in [1.807, 2.05) is 18.2 Å². The first-order chi connectivity index (χ1) is 7.15. The monoisotopic (exact) mass is 204 g/mol. The predicted molar refractivity (Wildman–Crippen MR) is 59.2 cm³/mol. The maximum atomic E-state index is 11.4. The van der Waals surface area contributed by atoms with Gasteiger partial charge in [-0.05, 0) is 12.5 Å². The number of ketones is 1.